The molecule has 20 nitrogen and oxygen atoms in total. The van der Waals surface area contributed by atoms with Crippen molar-refractivity contribution in [2.24, 2.45) is 0 Å². The van der Waals surface area contributed by atoms with Crippen molar-refractivity contribution in [3.05, 3.63) is 155 Å². The number of ether oxygens (including phenoxy) is 4. The Balaban J connectivity index is 0.000000221. The maximum absolute atomic E-state index is 13.8. The quantitative estimate of drug-likeness (QED) is 0.0697. The van der Waals surface area contributed by atoms with E-state index in [0.717, 1.165) is 33.6 Å². The van der Waals surface area contributed by atoms with Gasteiger partial charge in [0.25, 0.3) is 0 Å². The smallest absolute Gasteiger partial charge is 0.187 e. The third kappa shape index (κ3) is 12.6. The first kappa shape index (κ1) is 56.3. The second-order valence-electron chi connectivity index (χ2n) is 18.1. The van der Waals surface area contributed by atoms with Crippen molar-refractivity contribution >= 4 is 19.7 Å². The molecular formula is C54H64N12O8S2. The molecule has 0 N–H and O–H groups in total. The van der Waals surface area contributed by atoms with Crippen LogP contribution in [-0.2, 0) is 40.7 Å². The van der Waals surface area contributed by atoms with E-state index >= 15 is 0 Å². The van der Waals surface area contributed by atoms with Crippen molar-refractivity contribution < 1.29 is 35.8 Å². The maximum atomic E-state index is 13.8. The van der Waals surface area contributed by atoms with E-state index < -0.39 is 42.4 Å². The summed E-state index contributed by atoms with van der Waals surface area (Å²) in [6.07, 6.45) is 4.91. The summed E-state index contributed by atoms with van der Waals surface area (Å²) in [5.74, 6) is 2.30. The number of pyridine rings is 2. The van der Waals surface area contributed by atoms with Crippen LogP contribution in [0.2, 0.25) is 0 Å². The highest BCUT2D eigenvalue weighted by Gasteiger charge is 2.37. The predicted octanol–water partition coefficient (Wildman–Crippen LogP) is 8.27. The van der Waals surface area contributed by atoms with Crippen molar-refractivity contribution in [1.29, 1.82) is 0 Å². The van der Waals surface area contributed by atoms with Crippen LogP contribution in [0.25, 0.3) is 34.4 Å². The van der Waals surface area contributed by atoms with Crippen LogP contribution < -0.4 is 9.47 Å². The van der Waals surface area contributed by atoms with Gasteiger partial charge < -0.3 is 18.9 Å². The second kappa shape index (κ2) is 24.5. The van der Waals surface area contributed by atoms with Gasteiger partial charge in [0.2, 0.25) is 0 Å². The number of aryl methyl sites for hydroxylation is 6. The molecule has 0 radical (unpaired) electrons. The third-order valence-electron chi connectivity index (χ3n) is 12.4. The molecule has 0 amide bonds. The van der Waals surface area contributed by atoms with E-state index in [1.807, 2.05) is 128 Å². The summed E-state index contributed by atoms with van der Waals surface area (Å²) in [4.78, 5) is 26.5. The third-order valence-corrected chi connectivity index (χ3v) is 16.5. The Bertz CT molecular complexity index is 3270. The van der Waals surface area contributed by atoms with Gasteiger partial charge in [0, 0.05) is 49.4 Å². The Kier molecular flexibility index (Phi) is 18.2. The van der Waals surface area contributed by atoms with Crippen molar-refractivity contribution in [3.8, 4) is 45.9 Å². The minimum Gasteiger partial charge on any atom is -0.495 e. The first-order valence-corrected chi connectivity index (χ1v) is 28.0. The molecule has 0 saturated carbocycles. The molecule has 0 saturated heterocycles. The number of methoxy groups -OCH3 is 2. The lowest BCUT2D eigenvalue weighted by atomic mass is 10.1. The van der Waals surface area contributed by atoms with E-state index in [0.29, 0.717) is 70.8 Å². The summed E-state index contributed by atoms with van der Waals surface area (Å²) in [7, 11) is -4.51. The summed E-state index contributed by atoms with van der Waals surface area (Å²) in [5.41, 5.74) is 7.52. The number of hydrogen-bond donors (Lipinski definition) is 0. The summed E-state index contributed by atoms with van der Waals surface area (Å²) < 4.78 is 81.7. The number of nitrogens with zero attached hydrogens (tertiary/aromatic N) is 12. The van der Waals surface area contributed by atoms with Crippen LogP contribution in [0.3, 0.4) is 0 Å². The molecule has 6 aromatic heterocycles. The number of sulfone groups is 2. The Morgan fingerprint density at radius 3 is 1.18 bits per heavy atom. The largest absolute Gasteiger partial charge is 0.495 e. The second-order valence-corrected chi connectivity index (χ2v) is 22.9. The zero-order valence-electron chi connectivity index (χ0n) is 44.8. The van der Waals surface area contributed by atoms with Gasteiger partial charge in [-0.15, -0.1) is 20.4 Å². The fourth-order valence-electron chi connectivity index (χ4n) is 8.42. The lowest BCUT2D eigenvalue weighted by molar-refractivity contribution is 0.0555. The van der Waals surface area contributed by atoms with Gasteiger partial charge >= 0.3 is 0 Å². The van der Waals surface area contributed by atoms with Crippen LogP contribution in [-0.4, -0.2) is 114 Å². The van der Waals surface area contributed by atoms with Gasteiger partial charge in [0.05, 0.1) is 36.1 Å². The molecule has 0 aliphatic rings. The monoisotopic (exact) mass is 1070 g/mol. The van der Waals surface area contributed by atoms with Gasteiger partial charge in [-0.25, -0.2) is 46.7 Å². The average Bonchev–Trinajstić information content (AvgIpc) is 4.02. The van der Waals surface area contributed by atoms with Gasteiger partial charge in [0.1, 0.15) is 46.6 Å². The first-order chi connectivity index (χ1) is 36.3. The van der Waals surface area contributed by atoms with Crippen LogP contribution in [0, 0.1) is 41.5 Å². The molecular weight excluding hydrogens is 1010 g/mol. The Morgan fingerprint density at radius 2 is 0.855 bits per heavy atom. The van der Waals surface area contributed by atoms with Gasteiger partial charge in [-0.3, -0.25) is 9.13 Å². The number of hydrogen-bond acceptors (Lipinski definition) is 18. The van der Waals surface area contributed by atoms with Crippen LogP contribution >= 0.6 is 0 Å². The molecule has 22 heteroatoms. The molecule has 4 atom stereocenters. The van der Waals surface area contributed by atoms with Crippen molar-refractivity contribution in [1.82, 2.24) is 59.4 Å². The highest BCUT2D eigenvalue weighted by Crippen LogP contribution is 2.36. The molecule has 6 heterocycles. The summed E-state index contributed by atoms with van der Waals surface area (Å²) >= 11 is 0. The van der Waals surface area contributed by atoms with E-state index in [-0.39, 0.29) is 23.2 Å². The van der Waals surface area contributed by atoms with E-state index in [2.05, 4.69) is 50.3 Å². The molecule has 8 aromatic rings. The Hall–Kier alpha value is -7.40. The number of aromatic nitrogens is 12. The first-order valence-electron chi connectivity index (χ1n) is 24.6. The number of para-hydroxylation sites is 2. The van der Waals surface area contributed by atoms with E-state index in [4.69, 9.17) is 18.9 Å². The zero-order valence-corrected chi connectivity index (χ0v) is 46.5. The summed E-state index contributed by atoms with van der Waals surface area (Å²) in [6.45, 7) is 18.8. The van der Waals surface area contributed by atoms with Crippen molar-refractivity contribution in [2.45, 2.75) is 103 Å². The lowest BCUT2D eigenvalue weighted by Gasteiger charge is -2.23. The molecule has 0 spiro atoms. The van der Waals surface area contributed by atoms with Gasteiger partial charge in [-0.1, -0.05) is 36.4 Å². The number of rotatable bonds is 20. The molecule has 2 aromatic carbocycles. The fourth-order valence-corrected chi connectivity index (χ4v) is 11.2. The van der Waals surface area contributed by atoms with E-state index in [1.54, 1.807) is 62.0 Å². The van der Waals surface area contributed by atoms with Crippen LogP contribution in [0.5, 0.6) is 11.5 Å². The molecule has 0 aliphatic carbocycles. The lowest BCUT2D eigenvalue weighted by Crippen LogP contribution is -2.30. The topological polar surface area (TPSA) is 244 Å². The highest BCUT2D eigenvalue weighted by atomic mass is 32.2. The molecule has 0 bridgehead atoms. The highest BCUT2D eigenvalue weighted by molar-refractivity contribution is 7.91. The molecule has 0 aliphatic heterocycles. The Labute approximate surface area is 444 Å². The SMILES string of the molecule is CCO[C@@H](c1ncc(C)cn1)[C@@H](C)S(=O)(=O)Cc1nnc(-c2cccc(C)n2)n1-c1c(C)cccc1OC.CCO[C@@H](c1ncc(C)cn1)[C@H](C)S(=O)(=O)Cc1nnc(-c2cccc(C)n2)n1-c1c(C)cccc1OC. The molecule has 8 rings (SSSR count). The molecule has 0 unspecified atom stereocenters. The summed E-state index contributed by atoms with van der Waals surface area (Å²) in [5, 5.41) is 15.6. The molecule has 400 valence electrons. The fraction of sp³-hybridized carbons (Fsp3) is 0.370. The number of benzene rings is 2. The zero-order chi connectivity index (χ0) is 54.9. The van der Waals surface area contributed by atoms with Gasteiger partial charge in [-0.05, 0) is 128 Å². The maximum Gasteiger partial charge on any atom is 0.187 e. The molecule has 0 fully saturated rings. The van der Waals surface area contributed by atoms with Crippen LogP contribution in [0.1, 0.15) is 96.8 Å². The Morgan fingerprint density at radius 1 is 0.500 bits per heavy atom. The van der Waals surface area contributed by atoms with Crippen molar-refractivity contribution in [2.75, 3.05) is 27.4 Å². The van der Waals surface area contributed by atoms with E-state index in [1.165, 1.54) is 0 Å². The minimum absolute atomic E-state index is 0.239. The molecule has 76 heavy (non-hydrogen) atoms. The van der Waals surface area contributed by atoms with Crippen molar-refractivity contribution in [3.63, 3.8) is 0 Å². The standard InChI is InChI=1S/2C27H32N6O4S/c2*1-7-37-25(26-28-14-17(2)15-29-26)20(5)38(34,35)16-23-31-32-27(21-12-9-11-19(4)30-21)33(23)24-18(3)10-8-13-22(24)36-6/h2*8-15,20,25H,7,16H2,1-6H3/t20-,25+;20-,25-/m01/s1. The predicted molar refractivity (Wildman–Crippen MR) is 288 cm³/mol. The normalized spacial score (nSPS) is 13.3. The average molecular weight is 1070 g/mol. The van der Waals surface area contributed by atoms with Crippen LogP contribution in [0.15, 0.2) is 97.6 Å². The minimum atomic E-state index is -3.82. The van der Waals surface area contributed by atoms with Crippen LogP contribution in [0.4, 0.5) is 0 Å². The summed E-state index contributed by atoms with van der Waals surface area (Å²) in [6, 6.07) is 22.4. The van der Waals surface area contributed by atoms with E-state index in [9.17, 15) is 16.8 Å². The van der Waals surface area contributed by atoms with Gasteiger partial charge in [0.15, 0.2) is 54.6 Å². The van der Waals surface area contributed by atoms with Gasteiger partial charge in [-0.2, -0.15) is 0 Å².